The predicted octanol–water partition coefficient (Wildman–Crippen LogP) is 2.25. The molecule has 1 fully saturated rings. The molecule has 3 rings (SSSR count). The molecule has 0 radical (unpaired) electrons. The third-order valence-corrected chi connectivity index (χ3v) is 6.66. The summed E-state index contributed by atoms with van der Waals surface area (Å²) in [6, 6.07) is 7.01. The van der Waals surface area contributed by atoms with Gasteiger partial charge in [0.2, 0.25) is 0 Å². The van der Waals surface area contributed by atoms with Crippen LogP contribution in [-0.2, 0) is 9.59 Å². The lowest BCUT2D eigenvalue weighted by molar-refractivity contribution is -0.153. The van der Waals surface area contributed by atoms with Gasteiger partial charge in [-0.25, -0.2) is 0 Å². The molecule has 28 heavy (non-hydrogen) atoms. The quantitative estimate of drug-likeness (QED) is 0.624. The van der Waals surface area contributed by atoms with Crippen LogP contribution < -0.4 is 5.32 Å². The number of allylic oxidation sites excluding steroid dienone is 1. The van der Waals surface area contributed by atoms with Crippen molar-refractivity contribution in [2.24, 2.45) is 0 Å². The number of nitrogens with one attached hydrogen (secondary N) is 1. The topological polar surface area (TPSA) is 89.9 Å². The first-order valence-corrected chi connectivity index (χ1v) is 10.8. The molecule has 0 aromatic heterocycles. The second-order valence-corrected chi connectivity index (χ2v) is 8.66. The van der Waals surface area contributed by atoms with Gasteiger partial charge in [-0.1, -0.05) is 35.9 Å². The second kappa shape index (κ2) is 9.78. The molecule has 6 nitrogen and oxygen atoms in total. The number of aliphatic hydroxyl groups excluding tert-OH is 2. The summed E-state index contributed by atoms with van der Waals surface area (Å²) in [5, 5.41) is 26.1. The van der Waals surface area contributed by atoms with Crippen molar-refractivity contribution < 1.29 is 19.8 Å². The van der Waals surface area contributed by atoms with E-state index in [1.165, 1.54) is 4.90 Å². The summed E-state index contributed by atoms with van der Waals surface area (Å²) < 4.78 is 0. The van der Waals surface area contributed by atoms with Crippen LogP contribution in [0.3, 0.4) is 0 Å². The van der Waals surface area contributed by atoms with E-state index in [0.29, 0.717) is 23.4 Å². The lowest BCUT2D eigenvalue weighted by atomic mass is 10.0. The van der Waals surface area contributed by atoms with Crippen LogP contribution in [0.1, 0.15) is 37.3 Å². The number of rotatable bonds is 7. The van der Waals surface area contributed by atoms with Gasteiger partial charge < -0.3 is 20.4 Å². The van der Waals surface area contributed by atoms with Crippen molar-refractivity contribution >= 4 is 35.2 Å². The molecule has 2 aliphatic rings. The lowest BCUT2D eigenvalue weighted by Crippen LogP contribution is -2.50. The summed E-state index contributed by atoms with van der Waals surface area (Å²) in [7, 11) is 0. The molecule has 4 atom stereocenters. The molecule has 8 heteroatoms. The molecule has 2 unspecified atom stereocenters. The van der Waals surface area contributed by atoms with Crippen LogP contribution in [0, 0.1) is 0 Å². The van der Waals surface area contributed by atoms with Gasteiger partial charge in [-0.2, -0.15) is 0 Å². The number of aliphatic hydroxyl groups is 2. The molecule has 1 saturated heterocycles. The zero-order chi connectivity index (χ0) is 20.1. The molecule has 0 bridgehead atoms. The zero-order valence-corrected chi connectivity index (χ0v) is 17.0. The molecule has 1 aromatic carbocycles. The number of amides is 2. The smallest absolute Gasteiger partial charge is 0.255 e. The minimum Gasteiger partial charge on any atom is -0.380 e. The number of hydrogen-bond donors (Lipinski definition) is 3. The molecule has 152 valence electrons. The number of hydrogen-bond acceptors (Lipinski definition) is 5. The summed E-state index contributed by atoms with van der Waals surface area (Å²) in [4.78, 5) is 26.4. The van der Waals surface area contributed by atoms with E-state index in [1.807, 2.05) is 23.6 Å². The summed E-state index contributed by atoms with van der Waals surface area (Å²) in [5.74, 6) is -1.38. The van der Waals surface area contributed by atoms with Gasteiger partial charge in [0.25, 0.3) is 11.8 Å². The van der Waals surface area contributed by atoms with Crippen LogP contribution in [-0.4, -0.2) is 57.5 Å². The highest BCUT2D eigenvalue weighted by atomic mass is 35.5. The van der Waals surface area contributed by atoms with Crippen molar-refractivity contribution in [2.45, 2.75) is 49.2 Å². The molecule has 1 aromatic rings. The maximum Gasteiger partial charge on any atom is 0.255 e. The van der Waals surface area contributed by atoms with Crippen LogP contribution >= 0.6 is 23.4 Å². The van der Waals surface area contributed by atoms with Crippen LogP contribution in [0.5, 0.6) is 0 Å². The largest absolute Gasteiger partial charge is 0.380 e. The first kappa shape index (κ1) is 21.2. The van der Waals surface area contributed by atoms with Crippen LogP contribution in [0.15, 0.2) is 35.7 Å². The van der Waals surface area contributed by atoms with Crippen LogP contribution in [0.4, 0.5) is 0 Å². The Morgan fingerprint density at radius 1 is 1.29 bits per heavy atom. The van der Waals surface area contributed by atoms with E-state index in [9.17, 15) is 19.8 Å². The molecular weight excluding hydrogens is 400 g/mol. The van der Waals surface area contributed by atoms with E-state index < -0.39 is 24.0 Å². The van der Waals surface area contributed by atoms with Gasteiger partial charge in [0, 0.05) is 23.4 Å². The number of carbonyl (C=O) groups excluding carboxylic acids is 2. The summed E-state index contributed by atoms with van der Waals surface area (Å²) in [6.45, 7) is 0.841. The van der Waals surface area contributed by atoms with Gasteiger partial charge in [-0.3, -0.25) is 9.59 Å². The van der Waals surface area contributed by atoms with E-state index in [4.69, 9.17) is 11.6 Å². The maximum absolute atomic E-state index is 12.8. The van der Waals surface area contributed by atoms with Crippen LogP contribution in [0.25, 0.3) is 0 Å². The highest BCUT2D eigenvalue weighted by molar-refractivity contribution is 8.03. The molecule has 0 saturated carbocycles. The molecule has 3 N–H and O–H groups in total. The van der Waals surface area contributed by atoms with Gasteiger partial charge in [-0.05, 0) is 42.7 Å². The number of carbonyl (C=O) groups is 2. The summed E-state index contributed by atoms with van der Waals surface area (Å²) in [6.07, 6.45) is 1.70. The van der Waals surface area contributed by atoms with Gasteiger partial charge in [0.1, 0.15) is 0 Å². The highest BCUT2D eigenvalue weighted by Crippen LogP contribution is 2.36. The fourth-order valence-electron chi connectivity index (χ4n) is 3.62. The third kappa shape index (κ3) is 4.89. The average molecular weight is 425 g/mol. The Labute approximate surface area is 173 Å². The SMILES string of the molecule is O=C(NCCC1CC=CS1)[C@H](O)[C@@H](O)C(=O)N1CCCC1c1ccccc1Cl. The second-order valence-electron chi connectivity index (χ2n) is 7.05. The Morgan fingerprint density at radius 2 is 2.07 bits per heavy atom. The number of thioether (sulfide) groups is 1. The molecule has 2 amide bonds. The maximum atomic E-state index is 12.8. The number of nitrogens with zero attached hydrogens (tertiary/aromatic N) is 1. The first-order valence-electron chi connectivity index (χ1n) is 9.48. The number of benzene rings is 1. The molecule has 2 aliphatic heterocycles. The van der Waals surface area contributed by atoms with Gasteiger partial charge in [-0.15, -0.1) is 11.8 Å². The zero-order valence-electron chi connectivity index (χ0n) is 15.5. The van der Waals surface area contributed by atoms with Crippen molar-refractivity contribution in [1.82, 2.24) is 10.2 Å². The van der Waals surface area contributed by atoms with Gasteiger partial charge in [0.05, 0.1) is 6.04 Å². The van der Waals surface area contributed by atoms with E-state index in [-0.39, 0.29) is 6.04 Å². The summed E-state index contributed by atoms with van der Waals surface area (Å²) >= 11 is 7.97. The van der Waals surface area contributed by atoms with Crippen molar-refractivity contribution in [3.05, 3.63) is 46.3 Å². The number of halogens is 1. The molecule has 0 aliphatic carbocycles. The number of likely N-dealkylation sites (tertiary alicyclic amines) is 1. The van der Waals surface area contributed by atoms with Gasteiger partial charge >= 0.3 is 0 Å². The normalized spacial score (nSPS) is 23.6. The molecule has 2 heterocycles. The van der Waals surface area contributed by atoms with Crippen LogP contribution in [0.2, 0.25) is 5.02 Å². The van der Waals surface area contributed by atoms with E-state index in [2.05, 4.69) is 11.4 Å². The predicted molar refractivity (Wildman–Crippen MR) is 110 cm³/mol. The monoisotopic (exact) mass is 424 g/mol. The molecule has 0 spiro atoms. The van der Waals surface area contributed by atoms with Crippen molar-refractivity contribution in [2.75, 3.05) is 13.1 Å². The first-order chi connectivity index (χ1) is 13.5. The molecular formula is C20H25ClN2O4S. The minimum atomic E-state index is -1.80. The lowest BCUT2D eigenvalue weighted by Gasteiger charge is -2.29. The standard InChI is InChI=1S/C20H25ClN2O4S/c21-15-7-2-1-6-14(15)16-8-3-11-23(16)20(27)18(25)17(24)19(26)22-10-9-13-5-4-12-28-13/h1-2,4,6-7,12-13,16-18,24-25H,3,5,8-11H2,(H,22,26)/t13?,16?,17-,18-/m1/s1. The average Bonchev–Trinajstić information content (AvgIpc) is 3.38. The fourth-order valence-corrected chi connectivity index (χ4v) is 4.81. The Kier molecular flexibility index (Phi) is 7.40. The van der Waals surface area contributed by atoms with E-state index in [0.717, 1.165) is 31.2 Å². The van der Waals surface area contributed by atoms with Crippen molar-refractivity contribution in [1.29, 1.82) is 0 Å². The third-order valence-electron chi connectivity index (χ3n) is 5.15. The Morgan fingerprint density at radius 3 is 2.79 bits per heavy atom. The van der Waals surface area contributed by atoms with E-state index in [1.54, 1.807) is 17.8 Å². The van der Waals surface area contributed by atoms with Crippen molar-refractivity contribution in [3.63, 3.8) is 0 Å². The highest BCUT2D eigenvalue weighted by Gasteiger charge is 2.38. The minimum absolute atomic E-state index is 0.266. The summed E-state index contributed by atoms with van der Waals surface area (Å²) in [5.41, 5.74) is 0.809. The van der Waals surface area contributed by atoms with E-state index >= 15 is 0 Å². The Balaban J connectivity index is 1.56. The fraction of sp³-hybridized carbons (Fsp3) is 0.500. The Hall–Kier alpha value is -1.54. The van der Waals surface area contributed by atoms with Gasteiger partial charge in [0.15, 0.2) is 12.2 Å². The Bertz CT molecular complexity index is 737. The van der Waals surface area contributed by atoms with Crippen molar-refractivity contribution in [3.8, 4) is 0 Å².